The van der Waals surface area contributed by atoms with Crippen molar-refractivity contribution in [2.24, 2.45) is 16.6 Å². The highest BCUT2D eigenvalue weighted by molar-refractivity contribution is 7.98. The highest BCUT2D eigenvalue weighted by Crippen LogP contribution is 2.36. The topological polar surface area (TPSA) is 214 Å². The highest BCUT2D eigenvalue weighted by Gasteiger charge is 2.46. The predicted molar refractivity (Wildman–Crippen MR) is 160 cm³/mol. The van der Waals surface area contributed by atoms with E-state index < -0.39 is 36.4 Å². The maximum Gasteiger partial charge on any atom is 0.271 e. The van der Waals surface area contributed by atoms with Gasteiger partial charge in [-0.3, -0.25) is 9.59 Å². The number of nitrogens with zero attached hydrogens (tertiary/aromatic N) is 6. The van der Waals surface area contributed by atoms with Gasteiger partial charge in [0.05, 0.1) is 17.6 Å². The maximum absolute atomic E-state index is 12.2. The highest BCUT2D eigenvalue weighted by atomic mass is 32.2. The molecule has 15 heteroatoms. The number of benzene rings is 3. The smallest absolute Gasteiger partial charge is 0.271 e. The van der Waals surface area contributed by atoms with Crippen LogP contribution in [0.4, 0.5) is 5.69 Å². The number of ether oxygens (including phenoxy) is 1. The number of aliphatic hydroxyl groups excluding tert-OH is 2. The molecule has 1 aliphatic heterocycles. The SMILES string of the molecule is NC(=O)c1ccc2c(c1)nc(SCc1ccc(N=O)cc1)n2CC1OC(n2nnc(C(N)=O)c2-c2ccccc2)[C@H](O)[C@@H]1O. The molecule has 0 spiro atoms. The Morgan fingerprint density at radius 3 is 2.41 bits per heavy atom. The lowest BCUT2D eigenvalue weighted by atomic mass is 10.1. The number of fused-ring (bicyclic) bond motifs is 1. The zero-order chi connectivity index (χ0) is 31.0. The van der Waals surface area contributed by atoms with E-state index in [0.29, 0.717) is 33.2 Å². The Morgan fingerprint density at radius 2 is 1.73 bits per heavy atom. The predicted octanol–water partition coefficient (Wildman–Crippen LogP) is 2.50. The third-order valence-electron chi connectivity index (χ3n) is 7.32. The first kappa shape index (κ1) is 29.1. The number of primary amides is 2. The second-order valence-electron chi connectivity index (χ2n) is 10.1. The fraction of sp³-hybridized carbons (Fsp3) is 0.207. The van der Waals surface area contributed by atoms with E-state index in [1.54, 1.807) is 72.8 Å². The standard InChI is InChI=1S/C29H26N8O6S/c30-26(40)17-8-11-20-19(12-17)32-29(44-14-15-6-9-18(34-42)10-7-15)36(20)13-21-24(38)25(39)28(43-21)37-23(16-4-2-1-3-5-16)22(27(31)41)33-35-37/h1-12,21,24-25,28,38-39H,13-14H2,(H2,30,40)(H2,31,41)/t21?,24-,25-,28?/m1/s1. The molecular formula is C29H26N8O6S. The third kappa shape index (κ3) is 5.44. The van der Waals surface area contributed by atoms with Crippen molar-refractivity contribution in [2.45, 2.75) is 42.0 Å². The monoisotopic (exact) mass is 614 g/mol. The molecule has 6 N–H and O–H groups in total. The van der Waals surface area contributed by atoms with E-state index in [-0.39, 0.29) is 23.5 Å². The Hall–Kier alpha value is -4.96. The van der Waals surface area contributed by atoms with Crippen molar-refractivity contribution < 1.29 is 24.5 Å². The van der Waals surface area contributed by atoms with Gasteiger partial charge in [0.2, 0.25) is 5.91 Å². The Labute approximate surface area is 253 Å². The van der Waals surface area contributed by atoms with Crippen molar-refractivity contribution in [2.75, 3.05) is 0 Å². The van der Waals surface area contributed by atoms with Crippen LogP contribution in [0, 0.1) is 4.91 Å². The van der Waals surface area contributed by atoms with Gasteiger partial charge < -0.3 is 31.0 Å². The summed E-state index contributed by atoms with van der Waals surface area (Å²) in [6.45, 7) is 0.0650. The molecule has 4 atom stereocenters. The van der Waals surface area contributed by atoms with Gasteiger partial charge in [-0.2, -0.15) is 0 Å². The number of nitrogens with two attached hydrogens (primary N) is 2. The number of rotatable bonds is 10. The average Bonchev–Trinajstić information content (AvgIpc) is 3.71. The van der Waals surface area contributed by atoms with Crippen molar-refractivity contribution in [3.8, 4) is 11.3 Å². The van der Waals surface area contributed by atoms with Gasteiger partial charge in [0, 0.05) is 16.9 Å². The van der Waals surface area contributed by atoms with Gasteiger partial charge in [-0.1, -0.05) is 59.4 Å². The first-order valence-electron chi connectivity index (χ1n) is 13.4. The van der Waals surface area contributed by atoms with Crippen molar-refractivity contribution in [3.05, 3.63) is 94.5 Å². The van der Waals surface area contributed by atoms with E-state index in [1.807, 2.05) is 4.57 Å². The summed E-state index contributed by atoms with van der Waals surface area (Å²) in [5, 5.41) is 33.7. The zero-order valence-corrected chi connectivity index (χ0v) is 23.7. The summed E-state index contributed by atoms with van der Waals surface area (Å²) in [4.78, 5) is 39.5. The summed E-state index contributed by atoms with van der Waals surface area (Å²) in [6, 6.07) is 20.5. The zero-order valence-electron chi connectivity index (χ0n) is 22.9. The van der Waals surface area contributed by atoms with Gasteiger partial charge in [0.25, 0.3) is 5.91 Å². The molecule has 1 saturated heterocycles. The summed E-state index contributed by atoms with van der Waals surface area (Å²) in [5.41, 5.74) is 14.4. The van der Waals surface area contributed by atoms with E-state index in [2.05, 4.69) is 15.5 Å². The second-order valence-corrected chi connectivity index (χ2v) is 11.1. The molecule has 2 aromatic heterocycles. The van der Waals surface area contributed by atoms with Crippen molar-refractivity contribution >= 4 is 40.3 Å². The molecule has 6 rings (SSSR count). The molecule has 5 aromatic rings. The number of thioether (sulfide) groups is 1. The number of amides is 2. The van der Waals surface area contributed by atoms with Crippen molar-refractivity contribution in [1.82, 2.24) is 24.5 Å². The Bertz CT molecular complexity index is 1860. The van der Waals surface area contributed by atoms with Crippen LogP contribution in [0.5, 0.6) is 0 Å². The summed E-state index contributed by atoms with van der Waals surface area (Å²) < 4.78 is 9.27. The molecular weight excluding hydrogens is 588 g/mol. The van der Waals surface area contributed by atoms with Crippen molar-refractivity contribution in [3.63, 3.8) is 0 Å². The van der Waals surface area contributed by atoms with Crippen LogP contribution < -0.4 is 11.5 Å². The molecule has 2 amide bonds. The van der Waals surface area contributed by atoms with Gasteiger partial charge >= 0.3 is 0 Å². The van der Waals surface area contributed by atoms with Gasteiger partial charge in [0.15, 0.2) is 17.1 Å². The lowest BCUT2D eigenvalue weighted by Gasteiger charge is -2.18. The number of nitroso groups, excluding NO2 is 1. The molecule has 44 heavy (non-hydrogen) atoms. The number of hydrogen-bond acceptors (Lipinski definition) is 11. The Balaban J connectivity index is 1.33. The fourth-order valence-electron chi connectivity index (χ4n) is 5.11. The largest absolute Gasteiger partial charge is 0.387 e. The van der Waals surface area contributed by atoms with Gasteiger partial charge in [-0.25, -0.2) is 9.67 Å². The summed E-state index contributed by atoms with van der Waals surface area (Å²) >= 11 is 1.39. The molecule has 1 fully saturated rings. The van der Waals surface area contributed by atoms with Crippen LogP contribution in [0.1, 0.15) is 32.6 Å². The second kappa shape index (κ2) is 12.0. The number of imidazole rings is 1. The molecule has 224 valence electrons. The molecule has 0 saturated carbocycles. The molecule has 14 nitrogen and oxygen atoms in total. The van der Waals surface area contributed by atoms with Crippen LogP contribution in [-0.4, -0.2) is 64.9 Å². The Morgan fingerprint density at radius 1 is 0.977 bits per heavy atom. The number of aromatic nitrogens is 5. The van der Waals surface area contributed by atoms with Crippen LogP contribution in [0.15, 0.2) is 83.1 Å². The summed E-state index contributed by atoms with van der Waals surface area (Å²) in [5.74, 6) is -0.921. The minimum absolute atomic E-state index is 0.0650. The van der Waals surface area contributed by atoms with Crippen molar-refractivity contribution in [1.29, 1.82) is 0 Å². The number of carbonyl (C=O) groups excluding carboxylic acids is 2. The summed E-state index contributed by atoms with van der Waals surface area (Å²) in [7, 11) is 0. The molecule has 3 aromatic carbocycles. The van der Waals surface area contributed by atoms with Crippen LogP contribution in [0.3, 0.4) is 0 Å². The molecule has 0 radical (unpaired) electrons. The van der Waals surface area contributed by atoms with Gasteiger partial charge in [-0.05, 0) is 41.1 Å². The van der Waals surface area contributed by atoms with E-state index in [0.717, 1.165) is 5.56 Å². The Kier molecular flexibility index (Phi) is 7.92. The van der Waals surface area contributed by atoms with Crippen LogP contribution in [0.25, 0.3) is 22.3 Å². The first-order chi connectivity index (χ1) is 21.2. The first-order valence-corrected chi connectivity index (χ1v) is 14.4. The van der Waals surface area contributed by atoms with Gasteiger partial charge in [-0.15, -0.1) is 10.0 Å². The number of aliphatic hydroxyl groups is 2. The normalized spacial score (nSPS) is 19.8. The minimum atomic E-state index is -1.43. The molecule has 2 unspecified atom stereocenters. The fourth-order valence-corrected chi connectivity index (χ4v) is 6.09. The number of hydrogen-bond donors (Lipinski definition) is 4. The maximum atomic E-state index is 12.2. The van der Waals surface area contributed by atoms with E-state index >= 15 is 0 Å². The summed E-state index contributed by atoms with van der Waals surface area (Å²) in [6.07, 6.45) is -4.91. The van der Waals surface area contributed by atoms with Crippen LogP contribution in [0.2, 0.25) is 0 Å². The van der Waals surface area contributed by atoms with Crippen LogP contribution in [-0.2, 0) is 17.0 Å². The van der Waals surface area contributed by atoms with E-state index in [1.165, 1.54) is 16.4 Å². The minimum Gasteiger partial charge on any atom is -0.387 e. The number of carbonyl (C=O) groups is 2. The molecule has 0 bridgehead atoms. The lowest BCUT2D eigenvalue weighted by molar-refractivity contribution is -0.0484. The van der Waals surface area contributed by atoms with Gasteiger partial charge in [0.1, 0.15) is 29.7 Å². The van der Waals surface area contributed by atoms with E-state index in [9.17, 15) is 24.7 Å². The van der Waals surface area contributed by atoms with E-state index in [4.69, 9.17) is 21.2 Å². The lowest BCUT2D eigenvalue weighted by Crippen LogP contribution is -2.34. The quantitative estimate of drug-likeness (QED) is 0.133. The average molecular weight is 615 g/mol. The molecule has 0 aliphatic carbocycles. The third-order valence-corrected chi connectivity index (χ3v) is 8.37. The van der Waals surface area contributed by atoms with Crippen LogP contribution >= 0.6 is 11.8 Å². The molecule has 1 aliphatic rings. The molecule has 3 heterocycles.